The van der Waals surface area contributed by atoms with Crippen LogP contribution in [0.25, 0.3) is 0 Å². The highest BCUT2D eigenvalue weighted by molar-refractivity contribution is 7.89. The SMILES string of the molecule is COc1cc(CNC(=O)C2CCCN2S(=O)(=O)c2ccc(F)cc2)ccc1OCc1ccccc1. The number of nitrogens with zero attached hydrogens (tertiary/aromatic N) is 1. The molecule has 1 aliphatic rings. The summed E-state index contributed by atoms with van der Waals surface area (Å²) in [6.45, 7) is 0.835. The monoisotopic (exact) mass is 498 g/mol. The van der Waals surface area contributed by atoms with Crippen molar-refractivity contribution in [2.75, 3.05) is 13.7 Å². The highest BCUT2D eigenvalue weighted by Crippen LogP contribution is 2.29. The van der Waals surface area contributed by atoms with Crippen molar-refractivity contribution in [3.05, 3.63) is 89.7 Å². The average molecular weight is 499 g/mol. The van der Waals surface area contributed by atoms with Gasteiger partial charge in [-0.3, -0.25) is 4.79 Å². The third-order valence-corrected chi connectivity index (χ3v) is 7.78. The van der Waals surface area contributed by atoms with Crippen LogP contribution >= 0.6 is 0 Å². The number of methoxy groups -OCH3 is 1. The number of rotatable bonds is 9. The maximum Gasteiger partial charge on any atom is 0.243 e. The maximum absolute atomic E-state index is 13.2. The molecular formula is C26H27FN2O5S. The quantitative estimate of drug-likeness (QED) is 0.484. The Kier molecular flexibility index (Phi) is 7.67. The van der Waals surface area contributed by atoms with Crippen LogP contribution in [0.4, 0.5) is 4.39 Å². The van der Waals surface area contributed by atoms with Crippen LogP contribution in [0.2, 0.25) is 0 Å². The molecule has 1 fully saturated rings. The van der Waals surface area contributed by atoms with Gasteiger partial charge in [0.15, 0.2) is 11.5 Å². The first-order valence-electron chi connectivity index (χ1n) is 11.3. The molecule has 1 heterocycles. The van der Waals surface area contributed by atoms with Crippen LogP contribution < -0.4 is 14.8 Å². The molecule has 1 aliphatic heterocycles. The summed E-state index contributed by atoms with van der Waals surface area (Å²) < 4.78 is 51.8. The molecule has 0 aromatic heterocycles. The number of halogens is 1. The molecule has 1 atom stereocenters. The highest BCUT2D eigenvalue weighted by atomic mass is 32.2. The van der Waals surface area contributed by atoms with Gasteiger partial charge < -0.3 is 14.8 Å². The fraction of sp³-hybridized carbons (Fsp3) is 0.269. The van der Waals surface area contributed by atoms with Crippen molar-refractivity contribution < 1.29 is 27.1 Å². The van der Waals surface area contributed by atoms with Gasteiger partial charge in [-0.25, -0.2) is 12.8 Å². The molecule has 1 unspecified atom stereocenters. The molecule has 9 heteroatoms. The van der Waals surface area contributed by atoms with E-state index in [1.807, 2.05) is 36.4 Å². The van der Waals surface area contributed by atoms with Crippen LogP contribution in [0.5, 0.6) is 11.5 Å². The smallest absolute Gasteiger partial charge is 0.243 e. The van der Waals surface area contributed by atoms with Crippen LogP contribution in [0.1, 0.15) is 24.0 Å². The van der Waals surface area contributed by atoms with Crippen molar-refractivity contribution in [3.8, 4) is 11.5 Å². The van der Waals surface area contributed by atoms with E-state index < -0.39 is 21.9 Å². The molecule has 1 saturated heterocycles. The number of benzene rings is 3. The lowest BCUT2D eigenvalue weighted by atomic mass is 10.1. The van der Waals surface area contributed by atoms with E-state index in [4.69, 9.17) is 9.47 Å². The Bertz CT molecular complexity index is 1270. The summed E-state index contributed by atoms with van der Waals surface area (Å²) >= 11 is 0. The Morgan fingerprint density at radius 2 is 1.77 bits per heavy atom. The van der Waals surface area contributed by atoms with Crippen LogP contribution in [0.3, 0.4) is 0 Å². The molecule has 0 spiro atoms. The largest absolute Gasteiger partial charge is 0.493 e. The standard InChI is InChI=1S/C26H27FN2O5S/c1-33-25-16-20(9-14-24(25)34-18-19-6-3-2-4-7-19)17-28-26(30)23-8-5-15-29(23)35(31,32)22-12-10-21(27)11-13-22/h2-4,6-7,9-14,16,23H,5,8,15,17-18H2,1H3,(H,28,30). The van der Waals surface area contributed by atoms with Gasteiger partial charge in [0.1, 0.15) is 18.5 Å². The Morgan fingerprint density at radius 1 is 1.03 bits per heavy atom. The minimum absolute atomic E-state index is 0.0329. The topological polar surface area (TPSA) is 84.9 Å². The van der Waals surface area contributed by atoms with Gasteiger partial charge in [0, 0.05) is 13.1 Å². The summed E-state index contributed by atoms with van der Waals surface area (Å²) in [6, 6.07) is 19.0. The molecule has 0 aliphatic carbocycles. The molecule has 0 radical (unpaired) electrons. The second-order valence-electron chi connectivity index (χ2n) is 8.20. The molecule has 0 bridgehead atoms. The van der Waals surface area contributed by atoms with Crippen molar-refractivity contribution >= 4 is 15.9 Å². The molecule has 4 rings (SSSR count). The zero-order valence-electron chi connectivity index (χ0n) is 19.3. The van der Waals surface area contributed by atoms with E-state index in [2.05, 4.69) is 5.32 Å². The zero-order chi connectivity index (χ0) is 24.8. The normalized spacial score (nSPS) is 16.1. The Morgan fingerprint density at radius 3 is 2.49 bits per heavy atom. The fourth-order valence-corrected chi connectivity index (χ4v) is 5.67. The number of ether oxygens (including phenoxy) is 2. The van der Waals surface area contributed by atoms with Crippen molar-refractivity contribution in [2.45, 2.75) is 36.9 Å². The summed E-state index contributed by atoms with van der Waals surface area (Å²) in [7, 11) is -2.36. The fourth-order valence-electron chi connectivity index (χ4n) is 4.02. The summed E-state index contributed by atoms with van der Waals surface area (Å²) in [4.78, 5) is 12.9. The maximum atomic E-state index is 13.2. The van der Waals surface area contributed by atoms with Gasteiger partial charge in [-0.05, 0) is 60.4 Å². The van der Waals surface area contributed by atoms with Gasteiger partial charge in [0.25, 0.3) is 0 Å². The van der Waals surface area contributed by atoms with Crippen LogP contribution in [0, 0.1) is 5.82 Å². The number of nitrogens with one attached hydrogen (secondary N) is 1. The van der Waals surface area contributed by atoms with E-state index in [9.17, 15) is 17.6 Å². The van der Waals surface area contributed by atoms with E-state index in [-0.39, 0.29) is 23.9 Å². The van der Waals surface area contributed by atoms with Crippen molar-refractivity contribution in [1.82, 2.24) is 9.62 Å². The van der Waals surface area contributed by atoms with Gasteiger partial charge in [0.2, 0.25) is 15.9 Å². The highest BCUT2D eigenvalue weighted by Gasteiger charge is 2.39. The summed E-state index contributed by atoms with van der Waals surface area (Å²) in [5.41, 5.74) is 1.82. The first kappa shape index (κ1) is 24.7. The molecular weight excluding hydrogens is 471 g/mol. The molecule has 35 heavy (non-hydrogen) atoms. The number of carbonyl (C=O) groups is 1. The van der Waals surface area contributed by atoms with E-state index in [1.165, 1.54) is 16.4 Å². The minimum atomic E-state index is -3.91. The summed E-state index contributed by atoms with van der Waals surface area (Å²) in [5, 5.41) is 2.83. The molecule has 7 nitrogen and oxygen atoms in total. The van der Waals surface area contributed by atoms with E-state index in [1.54, 1.807) is 19.2 Å². The second kappa shape index (κ2) is 10.9. The Hall–Kier alpha value is -3.43. The lowest BCUT2D eigenvalue weighted by Crippen LogP contribution is -2.45. The molecule has 1 amide bonds. The predicted molar refractivity (Wildman–Crippen MR) is 129 cm³/mol. The van der Waals surface area contributed by atoms with Gasteiger partial charge in [-0.15, -0.1) is 0 Å². The third kappa shape index (κ3) is 5.80. The van der Waals surface area contributed by atoms with Gasteiger partial charge in [-0.2, -0.15) is 4.31 Å². The van der Waals surface area contributed by atoms with Crippen LogP contribution in [-0.4, -0.2) is 38.3 Å². The number of hydrogen-bond donors (Lipinski definition) is 1. The molecule has 0 saturated carbocycles. The van der Waals surface area contributed by atoms with Crippen LogP contribution in [0.15, 0.2) is 77.7 Å². The Labute approximate surface area is 204 Å². The van der Waals surface area contributed by atoms with Gasteiger partial charge in [0.05, 0.1) is 12.0 Å². The van der Waals surface area contributed by atoms with Gasteiger partial charge >= 0.3 is 0 Å². The number of hydrogen-bond acceptors (Lipinski definition) is 5. The molecule has 1 N–H and O–H groups in total. The van der Waals surface area contributed by atoms with Crippen molar-refractivity contribution in [1.29, 1.82) is 0 Å². The van der Waals surface area contributed by atoms with Crippen molar-refractivity contribution in [2.24, 2.45) is 0 Å². The lowest BCUT2D eigenvalue weighted by molar-refractivity contribution is -0.124. The number of carbonyl (C=O) groups excluding carboxylic acids is 1. The molecule has 3 aromatic carbocycles. The number of amides is 1. The first-order chi connectivity index (χ1) is 16.9. The summed E-state index contributed by atoms with van der Waals surface area (Å²) in [6.07, 6.45) is 0.988. The molecule has 184 valence electrons. The van der Waals surface area contributed by atoms with E-state index in [0.717, 1.165) is 23.3 Å². The van der Waals surface area contributed by atoms with Crippen LogP contribution in [-0.2, 0) is 28.0 Å². The molecule has 3 aromatic rings. The van der Waals surface area contributed by atoms with Crippen molar-refractivity contribution in [3.63, 3.8) is 0 Å². The van der Waals surface area contributed by atoms with Gasteiger partial charge in [-0.1, -0.05) is 36.4 Å². The number of sulfonamides is 1. The van der Waals surface area contributed by atoms with E-state index in [0.29, 0.717) is 30.9 Å². The van der Waals surface area contributed by atoms with E-state index >= 15 is 0 Å². The first-order valence-corrected chi connectivity index (χ1v) is 12.7. The minimum Gasteiger partial charge on any atom is -0.493 e. The summed E-state index contributed by atoms with van der Waals surface area (Å²) in [5.74, 6) is 0.219. The Balaban J connectivity index is 1.39. The third-order valence-electron chi connectivity index (χ3n) is 5.86. The zero-order valence-corrected chi connectivity index (χ0v) is 20.1. The lowest BCUT2D eigenvalue weighted by Gasteiger charge is -2.23. The second-order valence-corrected chi connectivity index (χ2v) is 10.1. The predicted octanol–water partition coefficient (Wildman–Crippen LogP) is 3.88. The average Bonchev–Trinajstić information content (AvgIpc) is 3.38.